The number of ether oxygens (including phenoxy) is 1. The number of anilines is 1. The molecular formula is C9H12FNO2S. The Hall–Kier alpha value is -0.940. The Kier molecular flexibility index (Phi) is 4.03. The van der Waals surface area contributed by atoms with Crippen LogP contribution in [0.5, 0.6) is 0 Å². The maximum atomic E-state index is 12.8. The largest absolute Gasteiger partial charge is 0.398 e. The molecule has 2 N–H and O–H groups in total. The van der Waals surface area contributed by atoms with E-state index in [0.29, 0.717) is 17.2 Å². The van der Waals surface area contributed by atoms with Crippen molar-refractivity contribution >= 4 is 16.5 Å². The lowest BCUT2D eigenvalue weighted by Gasteiger charge is -2.05. The Labute approximate surface area is 84.5 Å². The Morgan fingerprint density at radius 1 is 1.57 bits per heavy atom. The van der Waals surface area contributed by atoms with Crippen LogP contribution < -0.4 is 5.73 Å². The van der Waals surface area contributed by atoms with E-state index in [2.05, 4.69) is 0 Å². The van der Waals surface area contributed by atoms with E-state index in [1.54, 1.807) is 6.92 Å². The molecule has 0 aromatic heterocycles. The summed E-state index contributed by atoms with van der Waals surface area (Å²) in [6.45, 7) is 2.27. The summed E-state index contributed by atoms with van der Waals surface area (Å²) in [6, 6.07) is 3.80. The molecule has 3 nitrogen and oxygen atoms in total. The molecule has 0 saturated carbocycles. The molecule has 0 aliphatic heterocycles. The van der Waals surface area contributed by atoms with Crippen LogP contribution >= 0.6 is 0 Å². The molecule has 1 rings (SSSR count). The third-order valence-electron chi connectivity index (χ3n) is 1.62. The quantitative estimate of drug-likeness (QED) is 0.778. The SMILES string of the molecule is CCOCS(=O)c1cc(F)ccc1N. The first kappa shape index (κ1) is 11.1. The van der Waals surface area contributed by atoms with Crippen molar-refractivity contribution in [3.05, 3.63) is 24.0 Å². The standard InChI is InChI=1S/C9H12FNO2S/c1-2-13-6-14(12)9-5-7(10)3-4-8(9)11/h3-5H,2,6,11H2,1H3. The number of benzene rings is 1. The highest BCUT2D eigenvalue weighted by Gasteiger charge is 2.08. The molecule has 5 heteroatoms. The zero-order valence-electron chi connectivity index (χ0n) is 7.83. The average molecular weight is 217 g/mol. The maximum Gasteiger partial charge on any atom is 0.126 e. The van der Waals surface area contributed by atoms with Crippen LogP contribution in [0.1, 0.15) is 6.92 Å². The maximum absolute atomic E-state index is 12.8. The van der Waals surface area contributed by atoms with Crippen molar-refractivity contribution in [1.82, 2.24) is 0 Å². The topological polar surface area (TPSA) is 52.3 Å². The zero-order chi connectivity index (χ0) is 10.6. The van der Waals surface area contributed by atoms with Gasteiger partial charge in [0.15, 0.2) is 0 Å². The normalized spacial score (nSPS) is 12.7. The van der Waals surface area contributed by atoms with Crippen molar-refractivity contribution in [2.24, 2.45) is 0 Å². The van der Waals surface area contributed by atoms with E-state index < -0.39 is 16.6 Å². The first-order valence-electron chi connectivity index (χ1n) is 4.16. The van der Waals surface area contributed by atoms with Gasteiger partial charge in [-0.3, -0.25) is 4.21 Å². The molecule has 1 aromatic carbocycles. The van der Waals surface area contributed by atoms with Crippen LogP contribution in [0.3, 0.4) is 0 Å². The van der Waals surface area contributed by atoms with Crippen LogP contribution in [-0.2, 0) is 15.5 Å². The molecule has 1 aromatic rings. The molecular weight excluding hydrogens is 205 g/mol. The fourth-order valence-electron chi connectivity index (χ4n) is 0.928. The van der Waals surface area contributed by atoms with Crippen LogP contribution in [0.25, 0.3) is 0 Å². The van der Waals surface area contributed by atoms with Crippen LogP contribution in [0.2, 0.25) is 0 Å². The van der Waals surface area contributed by atoms with Crippen molar-refractivity contribution in [1.29, 1.82) is 0 Å². The molecule has 0 spiro atoms. The fourth-order valence-corrected chi connectivity index (χ4v) is 1.95. The van der Waals surface area contributed by atoms with E-state index in [9.17, 15) is 8.60 Å². The molecule has 0 bridgehead atoms. The lowest BCUT2D eigenvalue weighted by atomic mass is 10.3. The number of halogens is 1. The third-order valence-corrected chi connectivity index (χ3v) is 2.84. The number of hydrogen-bond donors (Lipinski definition) is 1. The van der Waals surface area contributed by atoms with Crippen LogP contribution in [0, 0.1) is 5.82 Å². The Morgan fingerprint density at radius 3 is 2.93 bits per heavy atom. The summed E-state index contributed by atoms with van der Waals surface area (Å²) in [4.78, 5) is 0.290. The van der Waals surface area contributed by atoms with Crippen LogP contribution in [-0.4, -0.2) is 16.8 Å². The minimum atomic E-state index is -1.39. The monoisotopic (exact) mass is 217 g/mol. The van der Waals surface area contributed by atoms with Crippen LogP contribution in [0.4, 0.5) is 10.1 Å². The van der Waals surface area contributed by atoms with Crippen molar-refractivity contribution < 1.29 is 13.3 Å². The fraction of sp³-hybridized carbons (Fsp3) is 0.333. The highest BCUT2D eigenvalue weighted by molar-refractivity contribution is 7.85. The van der Waals surface area contributed by atoms with Gasteiger partial charge in [0, 0.05) is 12.3 Å². The van der Waals surface area contributed by atoms with Gasteiger partial charge in [0.05, 0.1) is 15.7 Å². The van der Waals surface area contributed by atoms with Gasteiger partial charge in [-0.1, -0.05) is 0 Å². The summed E-state index contributed by atoms with van der Waals surface area (Å²) in [5, 5.41) is 0. The molecule has 0 aliphatic carbocycles. The van der Waals surface area contributed by atoms with Gasteiger partial charge in [-0.05, 0) is 25.1 Å². The number of nitrogen functional groups attached to an aromatic ring is 1. The van der Waals surface area contributed by atoms with Crippen molar-refractivity contribution in [3.63, 3.8) is 0 Å². The summed E-state index contributed by atoms with van der Waals surface area (Å²) < 4.78 is 29.3. The lowest BCUT2D eigenvalue weighted by Crippen LogP contribution is -2.05. The van der Waals surface area contributed by atoms with Crippen molar-refractivity contribution in [2.45, 2.75) is 11.8 Å². The molecule has 0 amide bonds. The van der Waals surface area contributed by atoms with Gasteiger partial charge in [-0.2, -0.15) is 0 Å². The Balaban J connectivity index is 2.83. The third kappa shape index (κ3) is 2.78. The summed E-state index contributed by atoms with van der Waals surface area (Å²) >= 11 is 0. The van der Waals surface area contributed by atoms with E-state index in [-0.39, 0.29) is 5.94 Å². The minimum absolute atomic E-state index is 0.0458. The van der Waals surface area contributed by atoms with Gasteiger partial charge < -0.3 is 10.5 Å². The van der Waals surface area contributed by atoms with Gasteiger partial charge in [-0.25, -0.2) is 4.39 Å². The number of nitrogens with two attached hydrogens (primary N) is 1. The van der Waals surface area contributed by atoms with E-state index in [1.165, 1.54) is 18.2 Å². The molecule has 0 saturated heterocycles. The van der Waals surface area contributed by atoms with Gasteiger partial charge >= 0.3 is 0 Å². The predicted molar refractivity (Wildman–Crippen MR) is 53.7 cm³/mol. The second-order valence-electron chi connectivity index (χ2n) is 2.64. The van der Waals surface area contributed by atoms with Gasteiger partial charge in [0.2, 0.25) is 0 Å². The zero-order valence-corrected chi connectivity index (χ0v) is 8.64. The molecule has 0 radical (unpaired) electrons. The molecule has 78 valence electrons. The van der Waals surface area contributed by atoms with E-state index in [1.807, 2.05) is 0 Å². The van der Waals surface area contributed by atoms with Crippen molar-refractivity contribution in [2.75, 3.05) is 18.3 Å². The molecule has 0 heterocycles. The minimum Gasteiger partial charge on any atom is -0.398 e. The van der Waals surface area contributed by atoms with Gasteiger partial charge in [0.25, 0.3) is 0 Å². The molecule has 14 heavy (non-hydrogen) atoms. The highest BCUT2D eigenvalue weighted by Crippen LogP contribution is 2.17. The first-order valence-corrected chi connectivity index (χ1v) is 5.48. The van der Waals surface area contributed by atoms with Gasteiger partial charge in [-0.15, -0.1) is 0 Å². The molecule has 0 aliphatic rings. The molecule has 0 fully saturated rings. The average Bonchev–Trinajstić information content (AvgIpc) is 2.18. The van der Waals surface area contributed by atoms with E-state index >= 15 is 0 Å². The Morgan fingerprint density at radius 2 is 2.29 bits per heavy atom. The first-order chi connectivity index (χ1) is 6.65. The number of rotatable bonds is 4. The lowest BCUT2D eigenvalue weighted by molar-refractivity contribution is 0.196. The summed E-state index contributed by atoms with van der Waals surface area (Å²) in [6.07, 6.45) is 0. The van der Waals surface area contributed by atoms with Gasteiger partial charge in [0.1, 0.15) is 11.8 Å². The van der Waals surface area contributed by atoms with E-state index in [0.717, 1.165) is 0 Å². The highest BCUT2D eigenvalue weighted by atomic mass is 32.2. The summed E-state index contributed by atoms with van der Waals surface area (Å²) in [7, 11) is -1.39. The summed E-state index contributed by atoms with van der Waals surface area (Å²) in [5.41, 5.74) is 5.87. The second-order valence-corrected chi connectivity index (χ2v) is 4.00. The molecule has 1 unspecified atom stereocenters. The Bertz CT molecular complexity index is 344. The predicted octanol–water partition coefficient (Wildman–Crippen LogP) is 1.51. The second kappa shape index (κ2) is 5.07. The van der Waals surface area contributed by atoms with Crippen molar-refractivity contribution in [3.8, 4) is 0 Å². The molecule has 1 atom stereocenters. The summed E-state index contributed by atoms with van der Waals surface area (Å²) in [5.74, 6) is -0.400. The smallest absolute Gasteiger partial charge is 0.126 e. The van der Waals surface area contributed by atoms with Crippen LogP contribution in [0.15, 0.2) is 23.1 Å². The van der Waals surface area contributed by atoms with E-state index in [4.69, 9.17) is 10.5 Å². The number of hydrogen-bond acceptors (Lipinski definition) is 3.